The largest absolute Gasteiger partial charge is 0.379 e. The number of ether oxygens (including phenoxy) is 1. The van der Waals surface area contributed by atoms with Gasteiger partial charge in [0.25, 0.3) is 0 Å². The summed E-state index contributed by atoms with van der Waals surface area (Å²) in [6.07, 6.45) is 3.41. The van der Waals surface area contributed by atoms with Gasteiger partial charge in [-0.15, -0.1) is 0 Å². The average Bonchev–Trinajstić information content (AvgIpc) is 3.28. The molecule has 120 valence electrons. The third kappa shape index (κ3) is 1.96. The number of hydrogen-bond acceptors (Lipinski definition) is 7. The Morgan fingerprint density at radius 1 is 1.22 bits per heavy atom. The van der Waals surface area contributed by atoms with E-state index in [-0.39, 0.29) is 11.7 Å². The Morgan fingerprint density at radius 3 is 2.96 bits per heavy atom. The van der Waals surface area contributed by atoms with Gasteiger partial charge >= 0.3 is 0 Å². The molecule has 0 radical (unpaired) electrons. The molecule has 1 saturated heterocycles. The predicted molar refractivity (Wildman–Crippen MR) is 89.7 cm³/mol. The summed E-state index contributed by atoms with van der Waals surface area (Å²) in [4.78, 5) is 7.36. The van der Waals surface area contributed by atoms with Crippen molar-refractivity contribution in [3.05, 3.63) is 24.3 Å². The molecule has 2 aliphatic heterocycles. The van der Waals surface area contributed by atoms with Crippen molar-refractivity contribution in [1.82, 2.24) is 9.88 Å². The van der Waals surface area contributed by atoms with E-state index in [1.807, 2.05) is 6.07 Å². The van der Waals surface area contributed by atoms with E-state index < -0.39 is 0 Å². The van der Waals surface area contributed by atoms with Crippen LogP contribution < -0.4 is 5.01 Å². The van der Waals surface area contributed by atoms with Crippen LogP contribution in [0.2, 0.25) is 0 Å². The van der Waals surface area contributed by atoms with Gasteiger partial charge in [0.2, 0.25) is 5.13 Å². The van der Waals surface area contributed by atoms with Gasteiger partial charge in [-0.05, 0) is 31.4 Å². The lowest BCUT2D eigenvalue weighted by Gasteiger charge is -2.45. The quantitative estimate of drug-likeness (QED) is 0.850. The molecule has 0 bridgehead atoms. The number of rotatable bonds is 2. The lowest BCUT2D eigenvalue weighted by molar-refractivity contribution is -0.0214. The number of thiazole rings is 1. The second-order valence-corrected chi connectivity index (χ2v) is 7.38. The average molecular weight is 329 g/mol. The van der Waals surface area contributed by atoms with Gasteiger partial charge in [-0.25, -0.2) is 4.98 Å². The molecule has 3 heterocycles. The van der Waals surface area contributed by atoms with E-state index in [0.29, 0.717) is 0 Å². The summed E-state index contributed by atoms with van der Waals surface area (Å²) in [5, 5.41) is 12.2. The molecule has 0 N–H and O–H groups in total. The van der Waals surface area contributed by atoms with Crippen molar-refractivity contribution in [3.63, 3.8) is 0 Å². The summed E-state index contributed by atoms with van der Waals surface area (Å²) in [6, 6.07) is 8.54. The van der Waals surface area contributed by atoms with E-state index in [0.717, 1.165) is 49.8 Å². The Morgan fingerprint density at radius 2 is 2.09 bits per heavy atom. The fourth-order valence-corrected chi connectivity index (χ4v) is 5.14. The van der Waals surface area contributed by atoms with Crippen molar-refractivity contribution in [2.24, 2.45) is 10.3 Å². The van der Waals surface area contributed by atoms with Crippen LogP contribution in [0.3, 0.4) is 0 Å². The zero-order chi connectivity index (χ0) is 15.3. The van der Waals surface area contributed by atoms with Gasteiger partial charge in [0, 0.05) is 13.1 Å². The third-order valence-electron chi connectivity index (χ3n) is 5.23. The third-order valence-corrected chi connectivity index (χ3v) is 6.24. The van der Waals surface area contributed by atoms with Gasteiger partial charge in [-0.3, -0.25) is 4.90 Å². The first-order valence-electron chi connectivity index (χ1n) is 8.27. The summed E-state index contributed by atoms with van der Waals surface area (Å²) in [5.74, 6) is 0. The van der Waals surface area contributed by atoms with Crippen molar-refractivity contribution in [2.45, 2.75) is 31.0 Å². The Bertz CT molecular complexity index is 723. The molecule has 2 aromatic rings. The predicted octanol–water partition coefficient (Wildman–Crippen LogP) is 3.06. The Labute approximate surface area is 138 Å². The van der Waals surface area contributed by atoms with E-state index in [4.69, 9.17) is 9.72 Å². The molecule has 2 atom stereocenters. The highest BCUT2D eigenvalue weighted by Gasteiger charge is 2.57. The van der Waals surface area contributed by atoms with Crippen molar-refractivity contribution >= 4 is 26.7 Å². The van der Waals surface area contributed by atoms with E-state index in [1.54, 1.807) is 11.3 Å². The van der Waals surface area contributed by atoms with Crippen LogP contribution in [0.1, 0.15) is 19.3 Å². The first-order valence-corrected chi connectivity index (χ1v) is 9.09. The van der Waals surface area contributed by atoms with Crippen LogP contribution in [-0.4, -0.2) is 47.9 Å². The highest BCUT2D eigenvalue weighted by molar-refractivity contribution is 7.22. The summed E-state index contributed by atoms with van der Waals surface area (Å²) in [7, 11) is 0. The molecule has 23 heavy (non-hydrogen) atoms. The maximum atomic E-state index is 5.56. The molecule has 1 aromatic carbocycles. The number of aromatic nitrogens is 1. The normalized spacial score (nSPS) is 31.1. The number of benzene rings is 1. The van der Waals surface area contributed by atoms with Crippen LogP contribution in [0.25, 0.3) is 10.2 Å². The molecule has 0 spiro atoms. The van der Waals surface area contributed by atoms with Crippen molar-refractivity contribution in [2.75, 3.05) is 31.3 Å². The second-order valence-electron chi connectivity index (χ2n) is 6.37. The molecule has 5 rings (SSSR count). The zero-order valence-electron chi connectivity index (χ0n) is 12.9. The molecular weight excluding hydrogens is 310 g/mol. The number of hydrogen-bond donors (Lipinski definition) is 0. The second kappa shape index (κ2) is 5.22. The monoisotopic (exact) mass is 329 g/mol. The minimum Gasteiger partial charge on any atom is -0.379 e. The van der Waals surface area contributed by atoms with Gasteiger partial charge in [0.05, 0.1) is 23.4 Å². The van der Waals surface area contributed by atoms with E-state index in [1.165, 1.54) is 11.1 Å². The number of fused-ring (bicyclic) bond motifs is 2. The molecule has 1 aliphatic carbocycles. The standard InChI is InChI=1S/C16H19N5OS/c1-2-5-13-12(4-1)17-15(23-13)21-16(20-8-10-22-11-9-20)7-3-6-14(16)18-19-21/h1-2,4-5,14H,3,6-11H2/t14-,16+/m0/s1. The maximum Gasteiger partial charge on any atom is 0.210 e. The van der Waals surface area contributed by atoms with Crippen LogP contribution in [-0.2, 0) is 4.74 Å². The minimum absolute atomic E-state index is 0.127. The molecule has 7 heteroatoms. The van der Waals surface area contributed by atoms with Crippen molar-refractivity contribution < 1.29 is 4.74 Å². The van der Waals surface area contributed by atoms with E-state index >= 15 is 0 Å². The van der Waals surface area contributed by atoms with Crippen molar-refractivity contribution in [1.29, 1.82) is 0 Å². The highest BCUT2D eigenvalue weighted by Crippen LogP contribution is 2.48. The summed E-state index contributed by atoms with van der Waals surface area (Å²) in [6.45, 7) is 3.48. The Hall–Kier alpha value is -1.57. The highest BCUT2D eigenvalue weighted by atomic mass is 32.1. The molecule has 0 amide bonds. The first-order chi connectivity index (χ1) is 11.4. The molecular formula is C16H19N5OS. The summed E-state index contributed by atoms with van der Waals surface area (Å²) >= 11 is 1.71. The number of anilines is 1. The minimum atomic E-state index is -0.127. The fraction of sp³-hybridized carbons (Fsp3) is 0.562. The van der Waals surface area contributed by atoms with Crippen LogP contribution in [0.15, 0.2) is 34.6 Å². The van der Waals surface area contributed by atoms with Gasteiger partial charge in [0.15, 0.2) is 0 Å². The molecule has 0 unspecified atom stereocenters. The van der Waals surface area contributed by atoms with Gasteiger partial charge in [0.1, 0.15) is 11.7 Å². The smallest absolute Gasteiger partial charge is 0.210 e. The van der Waals surface area contributed by atoms with Crippen molar-refractivity contribution in [3.8, 4) is 0 Å². The van der Waals surface area contributed by atoms with Crippen LogP contribution in [0, 0.1) is 0 Å². The number of morpholine rings is 1. The Kier molecular flexibility index (Phi) is 3.14. The van der Waals surface area contributed by atoms with E-state index in [2.05, 4.69) is 38.4 Å². The van der Waals surface area contributed by atoms with Gasteiger partial charge in [-0.2, -0.15) is 10.1 Å². The molecule has 2 fully saturated rings. The van der Waals surface area contributed by atoms with Crippen LogP contribution in [0.4, 0.5) is 5.13 Å². The fourth-order valence-electron chi connectivity index (χ4n) is 4.15. The zero-order valence-corrected chi connectivity index (χ0v) is 13.7. The SMILES string of the molecule is c1ccc2sc(N3N=N[C@H]4CCC[C@]43N3CCOCC3)nc2c1. The lowest BCUT2D eigenvalue weighted by atomic mass is 10.0. The molecule has 1 aromatic heterocycles. The number of nitrogens with zero attached hydrogens (tertiary/aromatic N) is 5. The molecule has 3 aliphatic rings. The van der Waals surface area contributed by atoms with E-state index in [9.17, 15) is 0 Å². The van der Waals surface area contributed by atoms with Crippen LogP contribution >= 0.6 is 11.3 Å². The van der Waals surface area contributed by atoms with Gasteiger partial charge in [-0.1, -0.05) is 28.7 Å². The summed E-state index contributed by atoms with van der Waals surface area (Å²) in [5.41, 5.74) is 0.916. The summed E-state index contributed by atoms with van der Waals surface area (Å²) < 4.78 is 6.76. The van der Waals surface area contributed by atoms with Crippen LogP contribution in [0.5, 0.6) is 0 Å². The van der Waals surface area contributed by atoms with Gasteiger partial charge < -0.3 is 4.74 Å². The lowest BCUT2D eigenvalue weighted by Crippen LogP contribution is -2.63. The number of para-hydroxylation sites is 1. The maximum absolute atomic E-state index is 5.56. The Balaban J connectivity index is 1.58. The first kappa shape index (κ1) is 13.8. The topological polar surface area (TPSA) is 53.3 Å². The molecule has 1 saturated carbocycles. The molecule has 6 nitrogen and oxygen atoms in total.